The van der Waals surface area contributed by atoms with Crippen LogP contribution in [-0.2, 0) is 22.4 Å². The molecule has 0 unspecified atom stereocenters. The second-order valence-corrected chi connectivity index (χ2v) is 17.2. The van der Waals surface area contributed by atoms with E-state index in [2.05, 4.69) is 20.4 Å². The van der Waals surface area contributed by atoms with E-state index in [0.29, 0.717) is 93.2 Å². The maximum atomic E-state index is 12.7. The SMILES string of the molecule is C[C@@H]1Cc2c(N)c(Cl)cc(C(=O)NCCC34CCCN3CCC4)c2O1.C[C@@H]1Cc2c(N)c(Cl)cc(C(=O)NCCC34CCCN3CCC4)c2O1.O=C(O)/C=C/C(=O)O. The number of aliphatic carboxylic acids is 2. The van der Waals surface area contributed by atoms with Gasteiger partial charge in [0.05, 0.1) is 32.5 Å². The molecule has 0 radical (unpaired) electrons. The Kier molecular flexibility index (Phi) is 13.7. The molecule has 4 saturated heterocycles. The number of carbonyl (C=O) groups excluding carboxylic acids is 2. The Labute approximate surface area is 349 Å². The van der Waals surface area contributed by atoms with Crippen molar-refractivity contribution in [1.82, 2.24) is 20.4 Å². The van der Waals surface area contributed by atoms with Crippen molar-refractivity contribution in [2.75, 3.05) is 50.7 Å². The van der Waals surface area contributed by atoms with Crippen LogP contribution in [0.15, 0.2) is 24.3 Å². The Hall–Kier alpha value is -4.24. The third-order valence-corrected chi connectivity index (χ3v) is 13.2. The van der Waals surface area contributed by atoms with E-state index in [0.717, 1.165) is 24.0 Å². The van der Waals surface area contributed by atoms with Gasteiger partial charge in [0, 0.05) is 60.3 Å². The fourth-order valence-electron chi connectivity index (χ4n) is 9.89. The zero-order valence-corrected chi connectivity index (χ0v) is 34.9. The number of carbonyl (C=O) groups is 4. The summed E-state index contributed by atoms with van der Waals surface area (Å²) in [6, 6.07) is 3.28. The van der Waals surface area contributed by atoms with E-state index in [1.165, 1.54) is 77.5 Å². The molecule has 58 heavy (non-hydrogen) atoms. The third-order valence-electron chi connectivity index (χ3n) is 12.6. The molecule has 0 aromatic heterocycles. The van der Waals surface area contributed by atoms with Gasteiger partial charge >= 0.3 is 11.9 Å². The Morgan fingerprint density at radius 1 is 0.707 bits per heavy atom. The minimum atomic E-state index is -1.26. The summed E-state index contributed by atoms with van der Waals surface area (Å²) >= 11 is 12.5. The maximum absolute atomic E-state index is 12.7. The number of carboxylic acids is 2. The summed E-state index contributed by atoms with van der Waals surface area (Å²) in [5, 5.41) is 22.6. The predicted octanol–water partition coefficient (Wildman–Crippen LogP) is 5.70. The smallest absolute Gasteiger partial charge is 0.328 e. The average Bonchev–Trinajstić information content (AvgIpc) is 4.02. The summed E-state index contributed by atoms with van der Waals surface area (Å²) < 4.78 is 11.7. The molecule has 4 fully saturated rings. The molecule has 316 valence electrons. The molecule has 2 aromatic carbocycles. The Morgan fingerprint density at radius 2 is 1.05 bits per heavy atom. The summed E-state index contributed by atoms with van der Waals surface area (Å²) in [6.45, 7) is 10.2. The molecule has 16 heteroatoms. The van der Waals surface area contributed by atoms with Crippen LogP contribution in [0.5, 0.6) is 11.5 Å². The van der Waals surface area contributed by atoms with Gasteiger partial charge in [0.2, 0.25) is 0 Å². The van der Waals surface area contributed by atoms with E-state index in [-0.39, 0.29) is 24.0 Å². The lowest BCUT2D eigenvalue weighted by atomic mass is 9.90. The number of fused-ring (bicyclic) bond motifs is 4. The number of hydrogen-bond acceptors (Lipinski definition) is 10. The zero-order chi connectivity index (χ0) is 41.8. The summed E-state index contributed by atoms with van der Waals surface area (Å²) in [6.07, 6.45) is 14.7. The standard InChI is InChI=1S/2C19H26ClN3O2.C4H4O4/c2*1-12-10-13-16(21)15(20)11-14(17(13)25-12)18(24)22-7-6-19-4-2-8-23(19)9-3-5-19;5-3(6)1-2-4(7)8/h2*11-12H,2-10,21H2,1H3,(H,22,24);1-2H,(H,5,6)(H,7,8)/b;;2-1+/t2*12-;/m11./s1. The van der Waals surface area contributed by atoms with Crippen molar-refractivity contribution >= 4 is 58.3 Å². The summed E-state index contributed by atoms with van der Waals surface area (Å²) in [7, 11) is 0. The first kappa shape index (κ1) is 43.3. The van der Waals surface area contributed by atoms with Crippen molar-refractivity contribution in [3.8, 4) is 11.5 Å². The van der Waals surface area contributed by atoms with Gasteiger partial charge in [-0.25, -0.2) is 9.59 Å². The van der Waals surface area contributed by atoms with Crippen LogP contribution in [0.2, 0.25) is 10.0 Å². The van der Waals surface area contributed by atoms with Gasteiger partial charge < -0.3 is 41.8 Å². The second kappa shape index (κ2) is 18.4. The second-order valence-electron chi connectivity index (χ2n) is 16.4. The highest BCUT2D eigenvalue weighted by molar-refractivity contribution is 6.34. The van der Waals surface area contributed by atoms with Gasteiger partial charge in [-0.3, -0.25) is 19.4 Å². The number of amides is 2. The molecule has 0 aliphatic carbocycles. The number of hydrogen-bond donors (Lipinski definition) is 6. The van der Waals surface area contributed by atoms with E-state index >= 15 is 0 Å². The Balaban J connectivity index is 0.000000165. The maximum Gasteiger partial charge on any atom is 0.328 e. The van der Waals surface area contributed by atoms with Crippen molar-refractivity contribution in [2.24, 2.45) is 0 Å². The number of ether oxygens (including phenoxy) is 2. The molecule has 6 aliphatic heterocycles. The summed E-state index contributed by atoms with van der Waals surface area (Å²) in [5.74, 6) is -1.54. The Morgan fingerprint density at radius 3 is 1.38 bits per heavy atom. The molecule has 2 amide bonds. The molecule has 0 saturated carbocycles. The number of nitrogen functional groups attached to an aromatic ring is 2. The molecule has 0 spiro atoms. The highest BCUT2D eigenvalue weighted by Crippen LogP contribution is 2.44. The lowest BCUT2D eigenvalue weighted by Crippen LogP contribution is -2.41. The van der Waals surface area contributed by atoms with Crippen LogP contribution >= 0.6 is 23.2 Å². The highest BCUT2D eigenvalue weighted by atomic mass is 35.5. The zero-order valence-electron chi connectivity index (χ0n) is 33.3. The topological polar surface area (TPSA) is 210 Å². The number of benzene rings is 2. The molecular weight excluding hydrogens is 787 g/mol. The minimum absolute atomic E-state index is 0.0201. The monoisotopic (exact) mass is 842 g/mol. The average molecular weight is 844 g/mol. The number of halogens is 2. The van der Waals surface area contributed by atoms with Crippen LogP contribution in [0.4, 0.5) is 11.4 Å². The molecule has 8 rings (SSSR count). The van der Waals surface area contributed by atoms with Crippen LogP contribution in [0.1, 0.15) is 110 Å². The van der Waals surface area contributed by atoms with E-state index in [9.17, 15) is 19.2 Å². The number of rotatable bonds is 10. The molecule has 2 atom stereocenters. The van der Waals surface area contributed by atoms with E-state index in [4.69, 9.17) is 54.4 Å². The molecular formula is C42H56Cl2N6O8. The summed E-state index contributed by atoms with van der Waals surface area (Å²) in [5.41, 5.74) is 16.5. The highest BCUT2D eigenvalue weighted by Gasteiger charge is 2.44. The van der Waals surface area contributed by atoms with Gasteiger partial charge in [-0.15, -0.1) is 0 Å². The Bertz CT molecular complexity index is 1790. The first-order valence-corrected chi connectivity index (χ1v) is 21.1. The molecule has 2 aromatic rings. The normalized spacial score (nSPS) is 22.0. The van der Waals surface area contributed by atoms with Crippen molar-refractivity contribution < 1.29 is 38.9 Å². The molecule has 14 nitrogen and oxygen atoms in total. The van der Waals surface area contributed by atoms with Crippen molar-refractivity contribution in [3.05, 3.63) is 56.6 Å². The van der Waals surface area contributed by atoms with E-state index in [1.807, 2.05) is 13.8 Å². The first-order chi connectivity index (χ1) is 27.6. The number of carboxylic acid groups (broad SMARTS) is 2. The first-order valence-electron chi connectivity index (χ1n) is 20.4. The van der Waals surface area contributed by atoms with E-state index in [1.54, 1.807) is 12.1 Å². The van der Waals surface area contributed by atoms with Crippen molar-refractivity contribution in [2.45, 2.75) is 114 Å². The number of anilines is 2. The van der Waals surface area contributed by atoms with Crippen LogP contribution in [0.25, 0.3) is 0 Å². The van der Waals surface area contributed by atoms with Gasteiger partial charge in [-0.1, -0.05) is 23.2 Å². The third kappa shape index (κ3) is 9.46. The van der Waals surface area contributed by atoms with E-state index < -0.39 is 11.9 Å². The predicted molar refractivity (Wildman–Crippen MR) is 223 cm³/mol. The van der Waals surface area contributed by atoms with Gasteiger partial charge in [0.15, 0.2) is 0 Å². The fourth-order valence-corrected chi connectivity index (χ4v) is 10.3. The molecule has 0 bridgehead atoms. The summed E-state index contributed by atoms with van der Waals surface area (Å²) in [4.78, 5) is 49.8. The van der Waals surface area contributed by atoms with Gasteiger partial charge in [0.25, 0.3) is 11.8 Å². The van der Waals surface area contributed by atoms with Crippen LogP contribution in [-0.4, -0.2) is 106 Å². The molecule has 6 aliphatic rings. The van der Waals surface area contributed by atoms with Crippen LogP contribution in [0, 0.1) is 0 Å². The van der Waals surface area contributed by atoms with Gasteiger partial charge in [-0.2, -0.15) is 0 Å². The van der Waals surface area contributed by atoms with Crippen LogP contribution in [0.3, 0.4) is 0 Å². The largest absolute Gasteiger partial charge is 0.489 e. The molecule has 8 N–H and O–H groups in total. The van der Waals surface area contributed by atoms with Gasteiger partial charge in [0.1, 0.15) is 23.7 Å². The lowest BCUT2D eigenvalue weighted by Gasteiger charge is -2.32. The van der Waals surface area contributed by atoms with Crippen molar-refractivity contribution in [1.29, 1.82) is 0 Å². The van der Waals surface area contributed by atoms with Crippen LogP contribution < -0.4 is 31.6 Å². The number of nitrogens with one attached hydrogen (secondary N) is 2. The quantitative estimate of drug-likeness (QED) is 0.126. The van der Waals surface area contributed by atoms with Gasteiger partial charge in [-0.05, 0) is 116 Å². The van der Waals surface area contributed by atoms with Crippen molar-refractivity contribution in [3.63, 3.8) is 0 Å². The number of nitrogens with two attached hydrogens (primary N) is 2. The molecule has 6 heterocycles. The minimum Gasteiger partial charge on any atom is -0.489 e. The number of nitrogens with zero attached hydrogens (tertiary/aromatic N) is 2. The lowest BCUT2D eigenvalue weighted by molar-refractivity contribution is -0.134. The fraction of sp³-hybridized carbons (Fsp3) is 0.571.